The van der Waals surface area contributed by atoms with E-state index in [0.717, 1.165) is 0 Å². The topological polar surface area (TPSA) is 69.6 Å². The van der Waals surface area contributed by atoms with E-state index in [2.05, 4.69) is 5.32 Å². The van der Waals surface area contributed by atoms with Crippen LogP contribution in [-0.4, -0.2) is 34.9 Å². The molecule has 0 saturated heterocycles. The maximum atomic E-state index is 11.9. The summed E-state index contributed by atoms with van der Waals surface area (Å²) in [6, 6.07) is 6.56. The van der Waals surface area contributed by atoms with Crippen molar-refractivity contribution in [1.29, 1.82) is 0 Å². The van der Waals surface area contributed by atoms with Gasteiger partial charge in [0, 0.05) is 29.2 Å². The third kappa shape index (κ3) is 3.02. The number of carbonyl (C=O) groups excluding carboxylic acids is 1. The van der Waals surface area contributed by atoms with Gasteiger partial charge in [-0.15, -0.1) is 0 Å². The number of aliphatic hydroxyl groups is 2. The maximum absolute atomic E-state index is 11.9. The average Bonchev–Trinajstić information content (AvgIpc) is 2.70. The lowest BCUT2D eigenvalue weighted by molar-refractivity contribution is 0.0903. The van der Waals surface area contributed by atoms with Crippen LogP contribution in [0, 0.1) is 5.92 Å². The van der Waals surface area contributed by atoms with E-state index in [0.29, 0.717) is 23.4 Å². The average molecular weight is 270 g/mol. The van der Waals surface area contributed by atoms with Crippen molar-refractivity contribution in [2.75, 3.05) is 6.61 Å². The van der Waals surface area contributed by atoms with E-state index in [1.54, 1.807) is 24.3 Å². The van der Waals surface area contributed by atoms with Gasteiger partial charge in [-0.05, 0) is 37.1 Å². The first kappa shape index (κ1) is 13.3. The Morgan fingerprint density at radius 3 is 2.56 bits per heavy atom. The van der Waals surface area contributed by atoms with Crippen molar-refractivity contribution in [2.45, 2.75) is 25.0 Å². The monoisotopic (exact) mass is 269 g/mol. The molecule has 1 aromatic rings. The molecule has 1 saturated carbocycles. The van der Waals surface area contributed by atoms with Gasteiger partial charge in [-0.1, -0.05) is 11.6 Å². The van der Waals surface area contributed by atoms with E-state index in [1.165, 1.54) is 0 Å². The molecular weight excluding hydrogens is 254 g/mol. The number of rotatable bonds is 3. The minimum absolute atomic E-state index is 0.0471. The fourth-order valence-electron chi connectivity index (χ4n) is 2.29. The molecule has 4 nitrogen and oxygen atoms in total. The van der Waals surface area contributed by atoms with Crippen LogP contribution < -0.4 is 5.32 Å². The summed E-state index contributed by atoms with van der Waals surface area (Å²) in [6.07, 6.45) is 0.562. The number of halogens is 1. The highest BCUT2D eigenvalue weighted by atomic mass is 35.5. The summed E-state index contributed by atoms with van der Waals surface area (Å²) in [5.41, 5.74) is 0.543. The fourth-order valence-corrected chi connectivity index (χ4v) is 2.41. The Morgan fingerprint density at radius 1 is 1.33 bits per heavy atom. The molecule has 3 N–H and O–H groups in total. The summed E-state index contributed by atoms with van der Waals surface area (Å²) in [5, 5.41) is 22.1. The lowest BCUT2D eigenvalue weighted by atomic mass is 10.1. The Balaban J connectivity index is 1.94. The van der Waals surface area contributed by atoms with Gasteiger partial charge in [0.1, 0.15) is 0 Å². The molecule has 0 radical (unpaired) electrons. The summed E-state index contributed by atoms with van der Waals surface area (Å²) in [5.74, 6) is -0.317. The van der Waals surface area contributed by atoms with Gasteiger partial charge in [-0.25, -0.2) is 0 Å². The Hall–Kier alpha value is -1.10. The summed E-state index contributed by atoms with van der Waals surface area (Å²) >= 11 is 5.75. The van der Waals surface area contributed by atoms with Gasteiger partial charge >= 0.3 is 0 Å². The largest absolute Gasteiger partial charge is 0.396 e. The van der Waals surface area contributed by atoms with Crippen LogP contribution in [0.25, 0.3) is 0 Å². The second-order valence-corrected chi connectivity index (χ2v) is 5.10. The lowest BCUT2D eigenvalue weighted by Crippen LogP contribution is -2.33. The molecule has 0 unspecified atom stereocenters. The van der Waals surface area contributed by atoms with E-state index in [-0.39, 0.29) is 24.5 Å². The summed E-state index contributed by atoms with van der Waals surface area (Å²) in [4.78, 5) is 11.9. The molecule has 0 aromatic heterocycles. The number of carbonyl (C=O) groups is 1. The van der Waals surface area contributed by atoms with Crippen LogP contribution in [0.3, 0.4) is 0 Å². The van der Waals surface area contributed by atoms with E-state index in [4.69, 9.17) is 16.7 Å². The quantitative estimate of drug-likeness (QED) is 0.772. The first-order chi connectivity index (χ1) is 8.60. The van der Waals surface area contributed by atoms with Crippen LogP contribution in [0.2, 0.25) is 5.02 Å². The summed E-state index contributed by atoms with van der Waals surface area (Å²) in [6.45, 7) is -0.0471. The van der Waals surface area contributed by atoms with Crippen molar-refractivity contribution in [3.8, 4) is 0 Å². The first-order valence-corrected chi connectivity index (χ1v) is 6.33. The van der Waals surface area contributed by atoms with Crippen molar-refractivity contribution < 1.29 is 15.0 Å². The zero-order chi connectivity index (χ0) is 13.1. The molecule has 1 aliphatic rings. The third-order valence-corrected chi connectivity index (χ3v) is 3.59. The second kappa shape index (κ2) is 5.69. The molecule has 3 atom stereocenters. The minimum Gasteiger partial charge on any atom is -0.396 e. The number of hydrogen-bond donors (Lipinski definition) is 3. The fraction of sp³-hybridized carbons (Fsp3) is 0.462. The molecule has 1 fully saturated rings. The molecule has 1 amide bonds. The number of aliphatic hydroxyl groups excluding tert-OH is 2. The lowest BCUT2D eigenvalue weighted by Gasteiger charge is -2.12. The molecule has 1 aromatic carbocycles. The highest BCUT2D eigenvalue weighted by Gasteiger charge is 2.33. The Morgan fingerprint density at radius 2 is 2.00 bits per heavy atom. The Labute approximate surface area is 111 Å². The predicted molar refractivity (Wildman–Crippen MR) is 68.5 cm³/mol. The van der Waals surface area contributed by atoms with Crippen LogP contribution >= 0.6 is 11.6 Å². The molecule has 18 heavy (non-hydrogen) atoms. The number of amides is 1. The second-order valence-electron chi connectivity index (χ2n) is 4.66. The van der Waals surface area contributed by atoms with Gasteiger partial charge in [0.2, 0.25) is 0 Å². The summed E-state index contributed by atoms with van der Waals surface area (Å²) in [7, 11) is 0. The predicted octanol–water partition coefficient (Wildman–Crippen LogP) is 1.20. The molecular formula is C13H16ClNO3. The highest BCUT2D eigenvalue weighted by molar-refractivity contribution is 6.30. The molecule has 5 heteroatoms. The molecule has 0 spiro atoms. The molecule has 0 heterocycles. The molecule has 0 aliphatic heterocycles. The minimum atomic E-state index is -0.537. The van der Waals surface area contributed by atoms with Crippen molar-refractivity contribution in [3.63, 3.8) is 0 Å². The van der Waals surface area contributed by atoms with Gasteiger partial charge in [0.25, 0.3) is 5.91 Å². The Bertz CT molecular complexity index is 421. The molecule has 0 bridgehead atoms. The smallest absolute Gasteiger partial charge is 0.251 e. The van der Waals surface area contributed by atoms with Crippen LogP contribution in [-0.2, 0) is 0 Å². The van der Waals surface area contributed by atoms with E-state index >= 15 is 0 Å². The molecule has 1 aliphatic carbocycles. The van der Waals surface area contributed by atoms with Crippen molar-refractivity contribution >= 4 is 17.5 Å². The Kier molecular flexibility index (Phi) is 4.22. The first-order valence-electron chi connectivity index (χ1n) is 5.95. The van der Waals surface area contributed by atoms with Crippen LogP contribution in [0.4, 0.5) is 0 Å². The zero-order valence-electron chi connectivity index (χ0n) is 9.84. The summed E-state index contributed by atoms with van der Waals surface area (Å²) < 4.78 is 0. The van der Waals surface area contributed by atoms with Crippen LogP contribution in [0.1, 0.15) is 23.2 Å². The normalized spacial score (nSPS) is 27.2. The third-order valence-electron chi connectivity index (χ3n) is 3.33. The van der Waals surface area contributed by atoms with E-state index < -0.39 is 6.10 Å². The SMILES string of the molecule is O=C(N[C@@H]1C[C@H](CO)[C@H](O)C1)c1ccc(Cl)cc1. The van der Waals surface area contributed by atoms with Gasteiger partial charge in [-0.2, -0.15) is 0 Å². The molecule has 2 rings (SSSR count). The number of nitrogens with one attached hydrogen (secondary N) is 1. The standard InChI is InChI=1S/C13H16ClNO3/c14-10-3-1-8(2-4-10)13(18)15-11-5-9(7-16)12(17)6-11/h1-4,9,11-12,16-17H,5-7H2,(H,15,18)/t9-,11-,12-/m1/s1. The van der Waals surface area contributed by atoms with Crippen molar-refractivity contribution in [1.82, 2.24) is 5.32 Å². The van der Waals surface area contributed by atoms with Crippen LogP contribution in [0.5, 0.6) is 0 Å². The van der Waals surface area contributed by atoms with Crippen molar-refractivity contribution in [2.24, 2.45) is 5.92 Å². The van der Waals surface area contributed by atoms with Gasteiger partial charge in [-0.3, -0.25) is 4.79 Å². The van der Waals surface area contributed by atoms with Gasteiger partial charge in [0.15, 0.2) is 0 Å². The number of benzene rings is 1. The van der Waals surface area contributed by atoms with Gasteiger partial charge in [0.05, 0.1) is 6.10 Å². The van der Waals surface area contributed by atoms with Crippen molar-refractivity contribution in [3.05, 3.63) is 34.9 Å². The molecule has 98 valence electrons. The highest BCUT2D eigenvalue weighted by Crippen LogP contribution is 2.25. The van der Waals surface area contributed by atoms with Gasteiger partial charge < -0.3 is 15.5 Å². The van der Waals surface area contributed by atoms with E-state index in [1.807, 2.05) is 0 Å². The van der Waals surface area contributed by atoms with Crippen LogP contribution in [0.15, 0.2) is 24.3 Å². The number of hydrogen-bond acceptors (Lipinski definition) is 3. The maximum Gasteiger partial charge on any atom is 0.251 e. The van der Waals surface area contributed by atoms with E-state index in [9.17, 15) is 9.90 Å². The zero-order valence-corrected chi connectivity index (χ0v) is 10.6.